The van der Waals surface area contributed by atoms with Crippen molar-refractivity contribution in [2.75, 3.05) is 19.6 Å². The lowest BCUT2D eigenvalue weighted by molar-refractivity contribution is 0.0697. The minimum atomic E-state index is -0.371. The first kappa shape index (κ1) is 14.5. The molecule has 1 unspecified atom stereocenters. The van der Waals surface area contributed by atoms with Crippen molar-refractivity contribution in [1.29, 1.82) is 0 Å². The van der Waals surface area contributed by atoms with Crippen LogP contribution in [0, 0.1) is 6.92 Å². The van der Waals surface area contributed by atoms with Crippen molar-refractivity contribution < 1.29 is 9.32 Å². The Labute approximate surface area is 124 Å². The Hall–Kier alpha value is -1.40. The van der Waals surface area contributed by atoms with Crippen LogP contribution in [0.2, 0.25) is 0 Å². The van der Waals surface area contributed by atoms with Crippen molar-refractivity contribution in [2.24, 2.45) is 0 Å². The fourth-order valence-electron chi connectivity index (χ4n) is 3.00. The van der Waals surface area contributed by atoms with Crippen LogP contribution >= 0.6 is 0 Å². The maximum Gasteiger partial charge on any atom is 0.290 e. The zero-order valence-corrected chi connectivity index (χ0v) is 12.5. The summed E-state index contributed by atoms with van der Waals surface area (Å²) in [7, 11) is 0. The Morgan fingerprint density at radius 1 is 1.43 bits per heavy atom. The number of nitrogens with zero attached hydrogens (tertiary/aromatic N) is 2. The van der Waals surface area contributed by atoms with Crippen molar-refractivity contribution in [2.45, 2.75) is 51.1 Å². The van der Waals surface area contributed by atoms with Crippen LogP contribution in [0.5, 0.6) is 0 Å². The molecule has 1 saturated heterocycles. The van der Waals surface area contributed by atoms with Crippen molar-refractivity contribution >= 4 is 5.91 Å². The summed E-state index contributed by atoms with van der Waals surface area (Å²) in [6.45, 7) is 3.88. The van der Waals surface area contributed by atoms with Gasteiger partial charge in [-0.1, -0.05) is 6.42 Å². The molecule has 1 aliphatic carbocycles. The fourth-order valence-corrected chi connectivity index (χ4v) is 3.00. The molecule has 0 bridgehead atoms. The van der Waals surface area contributed by atoms with Crippen LogP contribution in [0.4, 0.5) is 0 Å². The molecule has 1 aromatic heterocycles. The zero-order chi connectivity index (χ0) is 14.8. The minimum Gasteiger partial charge on any atom is -0.373 e. The topological polar surface area (TPSA) is 67.5 Å². The van der Waals surface area contributed by atoms with E-state index in [-0.39, 0.29) is 18.0 Å². The molecule has 1 saturated carbocycles. The predicted molar refractivity (Wildman–Crippen MR) is 78.6 cm³/mol. The summed E-state index contributed by atoms with van der Waals surface area (Å²) in [5.41, 5.74) is -0.371. The van der Waals surface area contributed by atoms with E-state index >= 15 is 0 Å². The van der Waals surface area contributed by atoms with Crippen LogP contribution < -0.4 is 10.9 Å². The van der Waals surface area contributed by atoms with E-state index < -0.39 is 0 Å². The zero-order valence-electron chi connectivity index (χ0n) is 12.5. The monoisotopic (exact) mass is 293 g/mol. The molecule has 6 heteroatoms. The molecule has 0 amide bonds. The van der Waals surface area contributed by atoms with Gasteiger partial charge in [0.05, 0.1) is 6.54 Å². The molecule has 21 heavy (non-hydrogen) atoms. The maximum absolute atomic E-state index is 12.3. The highest BCUT2D eigenvalue weighted by atomic mass is 16.5. The van der Waals surface area contributed by atoms with Crippen molar-refractivity contribution in [3.63, 3.8) is 0 Å². The Morgan fingerprint density at radius 3 is 2.81 bits per heavy atom. The van der Waals surface area contributed by atoms with Crippen LogP contribution in [-0.4, -0.2) is 47.3 Å². The Kier molecular flexibility index (Phi) is 4.26. The molecule has 2 heterocycles. The van der Waals surface area contributed by atoms with Crippen molar-refractivity contribution in [1.82, 2.24) is 15.0 Å². The fraction of sp³-hybridized carbons (Fsp3) is 0.733. The third-order valence-corrected chi connectivity index (χ3v) is 4.26. The van der Waals surface area contributed by atoms with Gasteiger partial charge in [0.1, 0.15) is 5.76 Å². The second-order valence-electron chi connectivity index (χ2n) is 6.18. The van der Waals surface area contributed by atoms with Crippen LogP contribution in [0.15, 0.2) is 15.4 Å². The average Bonchev–Trinajstić information content (AvgIpc) is 3.24. The predicted octanol–water partition coefficient (Wildman–Crippen LogP) is 0.996. The van der Waals surface area contributed by atoms with E-state index in [0.717, 1.165) is 37.1 Å². The molecule has 6 nitrogen and oxygen atoms in total. The minimum absolute atomic E-state index is 0.260. The van der Waals surface area contributed by atoms with Crippen LogP contribution in [0.25, 0.3) is 0 Å². The molecule has 1 aliphatic heterocycles. The highest BCUT2D eigenvalue weighted by Crippen LogP contribution is 2.27. The highest BCUT2D eigenvalue weighted by molar-refractivity contribution is 5.79. The summed E-state index contributed by atoms with van der Waals surface area (Å²) in [6, 6.07) is 2.30. The number of aryl methyl sites for hydroxylation is 1. The number of rotatable bonds is 5. The van der Waals surface area contributed by atoms with Crippen LogP contribution in [-0.2, 0) is 0 Å². The molecule has 0 spiro atoms. The number of aromatic nitrogens is 1. The molecule has 1 atom stereocenters. The lowest BCUT2D eigenvalue weighted by Gasteiger charge is -2.30. The van der Waals surface area contributed by atoms with Gasteiger partial charge < -0.3 is 9.84 Å². The molecular weight excluding hydrogens is 270 g/mol. The Balaban J connectivity index is 1.63. The normalized spacial score (nSPS) is 22.7. The third-order valence-electron chi connectivity index (χ3n) is 4.26. The maximum atomic E-state index is 12.3. The summed E-state index contributed by atoms with van der Waals surface area (Å²) in [6.07, 6.45) is 5.94. The van der Waals surface area contributed by atoms with E-state index in [4.69, 9.17) is 4.52 Å². The van der Waals surface area contributed by atoms with E-state index in [1.54, 1.807) is 6.92 Å². The van der Waals surface area contributed by atoms with E-state index in [1.807, 2.05) is 0 Å². The number of hydrogen-bond donors (Lipinski definition) is 1. The van der Waals surface area contributed by atoms with E-state index in [1.165, 1.54) is 18.9 Å². The summed E-state index contributed by atoms with van der Waals surface area (Å²) in [5, 5.41) is 3.52. The van der Waals surface area contributed by atoms with Gasteiger partial charge in [-0.05, 0) is 39.2 Å². The largest absolute Gasteiger partial charge is 0.373 e. The number of hydrogen-bond acceptors (Lipinski definition) is 5. The third kappa shape index (κ3) is 3.63. The van der Waals surface area contributed by atoms with Crippen molar-refractivity contribution in [3.05, 3.63) is 22.2 Å². The van der Waals surface area contributed by atoms with E-state index in [0.29, 0.717) is 17.8 Å². The van der Waals surface area contributed by atoms with Gasteiger partial charge in [0, 0.05) is 24.7 Å². The Morgan fingerprint density at radius 2 is 2.24 bits per heavy atom. The Bertz CT molecular complexity index is 553. The van der Waals surface area contributed by atoms with Gasteiger partial charge in [0.15, 0.2) is 0 Å². The van der Waals surface area contributed by atoms with E-state index in [2.05, 4.69) is 10.2 Å². The lowest BCUT2D eigenvalue weighted by Crippen LogP contribution is -2.47. The van der Waals surface area contributed by atoms with Gasteiger partial charge >= 0.3 is 0 Å². The smallest absolute Gasteiger partial charge is 0.290 e. The number of piperidine rings is 1. The van der Waals surface area contributed by atoms with Gasteiger partial charge in [-0.25, -0.2) is 0 Å². The lowest BCUT2D eigenvalue weighted by atomic mass is 10.0. The summed E-state index contributed by atoms with van der Waals surface area (Å²) in [5.74, 6) is 0.205. The van der Waals surface area contributed by atoms with Gasteiger partial charge in [-0.3, -0.25) is 14.5 Å². The van der Waals surface area contributed by atoms with Crippen molar-refractivity contribution in [3.8, 4) is 0 Å². The molecular formula is C15H23N3O3. The number of carbonyl (C=O) groups excluding carboxylic acids is 1. The SMILES string of the molecule is Cc1cc(=O)n(C(=O)CN(CC2CCCCN2)C2CC2)o1. The highest BCUT2D eigenvalue weighted by Gasteiger charge is 2.33. The molecule has 2 fully saturated rings. The molecule has 1 aromatic rings. The standard InChI is InChI=1S/C15H23N3O3/c1-11-8-14(19)18(21-11)15(20)10-17(13-5-6-13)9-12-4-2-3-7-16-12/h8,12-13,16H,2-7,9-10H2,1H3. The first-order chi connectivity index (χ1) is 10.1. The first-order valence-electron chi connectivity index (χ1n) is 7.84. The van der Waals surface area contributed by atoms with E-state index in [9.17, 15) is 9.59 Å². The van der Waals surface area contributed by atoms with Gasteiger partial charge in [0.25, 0.3) is 11.5 Å². The average molecular weight is 293 g/mol. The van der Waals surface area contributed by atoms with Crippen LogP contribution in [0.1, 0.15) is 42.7 Å². The first-order valence-corrected chi connectivity index (χ1v) is 7.84. The molecule has 1 N–H and O–H groups in total. The molecule has 3 rings (SSSR count). The number of nitrogens with one attached hydrogen (secondary N) is 1. The summed E-state index contributed by atoms with van der Waals surface area (Å²) >= 11 is 0. The summed E-state index contributed by atoms with van der Waals surface area (Å²) in [4.78, 5) is 26.1. The summed E-state index contributed by atoms with van der Waals surface area (Å²) < 4.78 is 6.07. The van der Waals surface area contributed by atoms with Gasteiger partial charge in [0.2, 0.25) is 0 Å². The number of carbonyl (C=O) groups is 1. The van der Waals surface area contributed by atoms with Gasteiger partial charge in [-0.2, -0.15) is 0 Å². The quantitative estimate of drug-likeness (QED) is 0.877. The molecule has 0 radical (unpaired) electrons. The molecule has 0 aromatic carbocycles. The second kappa shape index (κ2) is 6.15. The molecule has 116 valence electrons. The molecule has 2 aliphatic rings. The van der Waals surface area contributed by atoms with Gasteiger partial charge in [-0.15, -0.1) is 4.74 Å². The van der Waals surface area contributed by atoms with Crippen LogP contribution in [0.3, 0.4) is 0 Å². The second-order valence-corrected chi connectivity index (χ2v) is 6.18.